The Labute approximate surface area is 169 Å². The summed E-state index contributed by atoms with van der Waals surface area (Å²) in [6, 6.07) is 13.2. The third-order valence-electron chi connectivity index (χ3n) is 4.34. The average molecular weight is 394 g/mol. The van der Waals surface area contributed by atoms with Crippen LogP contribution in [0, 0.1) is 10.8 Å². The van der Waals surface area contributed by atoms with Gasteiger partial charge in [0.15, 0.2) is 0 Å². The smallest absolute Gasteiger partial charge is 0.251 e. The van der Waals surface area contributed by atoms with Gasteiger partial charge in [0.2, 0.25) is 0 Å². The molecule has 2 rings (SSSR count). The number of unbranched alkanes of at least 4 members (excludes halogenated alkanes) is 2. The molecule has 0 aliphatic carbocycles. The van der Waals surface area contributed by atoms with Crippen molar-refractivity contribution in [3.05, 3.63) is 70.8 Å². The first-order valence-corrected chi connectivity index (χ1v) is 9.34. The van der Waals surface area contributed by atoms with Gasteiger partial charge in [-0.25, -0.2) is 0 Å². The van der Waals surface area contributed by atoms with Gasteiger partial charge in [0, 0.05) is 35.3 Å². The first-order valence-electron chi connectivity index (χ1n) is 9.34. The average Bonchev–Trinajstić information content (AvgIpc) is 2.72. The minimum Gasteiger partial charge on any atom is -0.384 e. The van der Waals surface area contributed by atoms with Crippen LogP contribution in [0.1, 0.15) is 51.1 Å². The lowest BCUT2D eigenvalue weighted by molar-refractivity contribution is 0.0947. The molecule has 0 heterocycles. The van der Waals surface area contributed by atoms with Gasteiger partial charge in [-0.2, -0.15) is 0 Å². The van der Waals surface area contributed by atoms with Gasteiger partial charge in [-0.15, -0.1) is 0 Å². The van der Waals surface area contributed by atoms with E-state index in [1.807, 2.05) is 0 Å². The number of rotatable bonds is 10. The van der Waals surface area contributed by atoms with Crippen molar-refractivity contribution in [3.63, 3.8) is 0 Å². The van der Waals surface area contributed by atoms with Crippen LogP contribution in [0.15, 0.2) is 48.5 Å². The largest absolute Gasteiger partial charge is 0.384 e. The van der Waals surface area contributed by atoms with Gasteiger partial charge in [-0.1, -0.05) is 24.3 Å². The van der Waals surface area contributed by atoms with Crippen LogP contribution in [0.3, 0.4) is 0 Å². The van der Waals surface area contributed by atoms with E-state index in [4.69, 9.17) is 22.3 Å². The van der Waals surface area contributed by atoms with Crippen LogP contribution < -0.4 is 22.1 Å². The lowest BCUT2D eigenvalue weighted by Crippen LogP contribution is -2.26. The highest BCUT2D eigenvalue weighted by molar-refractivity contribution is 5.98. The molecule has 2 amide bonds. The molecule has 8 heteroatoms. The Balaban J connectivity index is 1.60. The van der Waals surface area contributed by atoms with Crippen molar-refractivity contribution in [1.82, 2.24) is 10.6 Å². The van der Waals surface area contributed by atoms with Gasteiger partial charge in [0.25, 0.3) is 11.8 Å². The monoisotopic (exact) mass is 394 g/mol. The summed E-state index contributed by atoms with van der Waals surface area (Å²) in [5.41, 5.74) is 13.0. The van der Waals surface area contributed by atoms with Crippen molar-refractivity contribution in [2.24, 2.45) is 11.5 Å². The normalized spacial score (nSPS) is 10.2. The van der Waals surface area contributed by atoms with E-state index in [1.54, 1.807) is 48.5 Å². The second-order valence-corrected chi connectivity index (χ2v) is 6.55. The second kappa shape index (κ2) is 10.6. The predicted octanol–water partition coefficient (Wildman–Crippen LogP) is 1.58. The summed E-state index contributed by atoms with van der Waals surface area (Å²) in [6.07, 6.45) is 2.48. The van der Waals surface area contributed by atoms with Crippen molar-refractivity contribution in [1.29, 1.82) is 10.8 Å². The Morgan fingerprint density at radius 3 is 1.24 bits per heavy atom. The molecule has 0 radical (unpaired) electrons. The molecule has 0 aliphatic heterocycles. The van der Waals surface area contributed by atoms with E-state index >= 15 is 0 Å². The molecule has 8 N–H and O–H groups in total. The summed E-state index contributed by atoms with van der Waals surface area (Å²) in [4.78, 5) is 24.1. The first kappa shape index (κ1) is 21.6. The number of nitrogen functional groups attached to an aromatic ring is 2. The molecule has 29 heavy (non-hydrogen) atoms. The van der Waals surface area contributed by atoms with Crippen molar-refractivity contribution < 1.29 is 9.59 Å². The highest BCUT2D eigenvalue weighted by Gasteiger charge is 2.07. The highest BCUT2D eigenvalue weighted by Crippen LogP contribution is 2.05. The summed E-state index contributed by atoms with van der Waals surface area (Å²) in [7, 11) is 0. The Hall–Kier alpha value is -3.68. The zero-order valence-corrected chi connectivity index (χ0v) is 16.1. The molecule has 2 aromatic rings. The van der Waals surface area contributed by atoms with Crippen molar-refractivity contribution in [3.8, 4) is 0 Å². The molecule has 0 atom stereocenters. The molecule has 2 aromatic carbocycles. The molecule has 0 fully saturated rings. The molecule has 0 aromatic heterocycles. The maximum Gasteiger partial charge on any atom is 0.251 e. The fourth-order valence-electron chi connectivity index (χ4n) is 2.64. The molecule has 0 unspecified atom stereocenters. The van der Waals surface area contributed by atoms with E-state index in [0.29, 0.717) is 35.3 Å². The molecular formula is C21H26N6O2. The SMILES string of the molecule is N=C(N)c1ccc(C(=O)NCCCCCNC(=O)c2ccc(C(=N)N)cc2)cc1. The van der Waals surface area contributed by atoms with Gasteiger partial charge < -0.3 is 22.1 Å². The van der Waals surface area contributed by atoms with Crippen molar-refractivity contribution in [2.45, 2.75) is 19.3 Å². The Morgan fingerprint density at radius 2 is 0.931 bits per heavy atom. The summed E-state index contributed by atoms with van der Waals surface area (Å²) >= 11 is 0. The van der Waals surface area contributed by atoms with Gasteiger partial charge >= 0.3 is 0 Å². The van der Waals surface area contributed by atoms with Crippen LogP contribution in [-0.2, 0) is 0 Å². The number of carbonyl (C=O) groups excluding carboxylic acids is 2. The zero-order valence-electron chi connectivity index (χ0n) is 16.1. The number of amidine groups is 2. The van der Waals surface area contributed by atoms with Gasteiger partial charge in [-0.05, 0) is 43.5 Å². The standard InChI is InChI=1S/C21H26N6O2/c22-18(23)14-4-8-16(9-5-14)20(28)26-12-2-1-3-13-27-21(29)17-10-6-15(7-11-17)19(24)25/h4-11H,1-3,12-13H2,(H3,22,23)(H3,24,25)(H,26,28)(H,27,29). The summed E-state index contributed by atoms with van der Waals surface area (Å²) in [5.74, 6) is -0.390. The third-order valence-corrected chi connectivity index (χ3v) is 4.34. The number of nitrogens with two attached hydrogens (primary N) is 2. The summed E-state index contributed by atoms with van der Waals surface area (Å²) in [6.45, 7) is 1.10. The fraction of sp³-hybridized carbons (Fsp3) is 0.238. The molecule has 152 valence electrons. The van der Waals surface area contributed by atoms with Crippen LogP contribution in [-0.4, -0.2) is 36.6 Å². The fourth-order valence-corrected chi connectivity index (χ4v) is 2.64. The minimum absolute atomic E-state index is 0.0304. The lowest BCUT2D eigenvalue weighted by atomic mass is 10.1. The molecule has 0 saturated carbocycles. The number of hydrogen-bond acceptors (Lipinski definition) is 4. The van der Waals surface area contributed by atoms with Crippen LogP contribution >= 0.6 is 0 Å². The lowest BCUT2D eigenvalue weighted by Gasteiger charge is -2.07. The second-order valence-electron chi connectivity index (χ2n) is 6.55. The van der Waals surface area contributed by atoms with E-state index in [0.717, 1.165) is 19.3 Å². The maximum atomic E-state index is 12.1. The number of hydrogen-bond donors (Lipinski definition) is 6. The third kappa shape index (κ3) is 6.76. The number of benzene rings is 2. The molecule has 0 aliphatic rings. The Kier molecular flexibility index (Phi) is 7.90. The van der Waals surface area contributed by atoms with Crippen LogP contribution in [0.2, 0.25) is 0 Å². The molecule has 0 spiro atoms. The van der Waals surface area contributed by atoms with E-state index in [2.05, 4.69) is 10.6 Å². The zero-order chi connectivity index (χ0) is 21.2. The van der Waals surface area contributed by atoms with Crippen LogP contribution in [0.25, 0.3) is 0 Å². The van der Waals surface area contributed by atoms with E-state index in [9.17, 15) is 9.59 Å². The van der Waals surface area contributed by atoms with Crippen molar-refractivity contribution >= 4 is 23.5 Å². The van der Waals surface area contributed by atoms with Crippen LogP contribution in [0.5, 0.6) is 0 Å². The number of amides is 2. The van der Waals surface area contributed by atoms with E-state index in [-0.39, 0.29) is 23.5 Å². The van der Waals surface area contributed by atoms with Crippen molar-refractivity contribution in [2.75, 3.05) is 13.1 Å². The molecular weight excluding hydrogens is 368 g/mol. The number of carbonyl (C=O) groups is 2. The minimum atomic E-state index is -0.164. The molecule has 0 bridgehead atoms. The van der Waals surface area contributed by atoms with Gasteiger partial charge in [0.05, 0.1) is 0 Å². The maximum absolute atomic E-state index is 12.1. The van der Waals surface area contributed by atoms with Crippen LogP contribution in [0.4, 0.5) is 0 Å². The first-order chi connectivity index (χ1) is 13.9. The highest BCUT2D eigenvalue weighted by atomic mass is 16.2. The van der Waals surface area contributed by atoms with Gasteiger partial charge in [0.1, 0.15) is 11.7 Å². The number of nitrogens with one attached hydrogen (secondary N) is 4. The quantitative estimate of drug-likeness (QED) is 0.205. The Morgan fingerprint density at radius 1 is 0.621 bits per heavy atom. The summed E-state index contributed by atoms with van der Waals surface area (Å²) in [5, 5.41) is 20.4. The predicted molar refractivity (Wildman–Crippen MR) is 113 cm³/mol. The molecule has 8 nitrogen and oxygen atoms in total. The topological polar surface area (TPSA) is 158 Å². The summed E-state index contributed by atoms with van der Waals surface area (Å²) < 4.78 is 0. The van der Waals surface area contributed by atoms with Gasteiger partial charge in [-0.3, -0.25) is 20.4 Å². The Bertz CT molecular complexity index is 802. The van der Waals surface area contributed by atoms with E-state index in [1.165, 1.54) is 0 Å². The molecule has 0 saturated heterocycles. The van der Waals surface area contributed by atoms with E-state index < -0.39 is 0 Å².